The average Bonchev–Trinajstić information content (AvgIpc) is 2.46. The van der Waals surface area contributed by atoms with Crippen molar-refractivity contribution in [3.8, 4) is 0 Å². The topological polar surface area (TPSA) is 34.1 Å². The molecular weight excluding hydrogens is 260 g/mol. The van der Waals surface area contributed by atoms with E-state index in [0.717, 1.165) is 38.4 Å². The molecule has 120 valence electrons. The van der Waals surface area contributed by atoms with Gasteiger partial charge in [0.05, 0.1) is 0 Å². The van der Waals surface area contributed by atoms with E-state index in [4.69, 9.17) is 0 Å². The maximum absolute atomic E-state index is 11.6. The molecule has 0 amide bonds. The lowest BCUT2D eigenvalue weighted by Crippen LogP contribution is -2.12. The molecule has 0 bridgehead atoms. The molecule has 2 heteroatoms. The third-order valence-corrected chi connectivity index (χ3v) is 3.55. The molecule has 0 N–H and O–H groups in total. The number of unbranched alkanes of at least 4 members (excludes halogenated alkanes) is 6. The van der Waals surface area contributed by atoms with Crippen molar-refractivity contribution in [1.29, 1.82) is 0 Å². The minimum Gasteiger partial charge on any atom is -0.303 e. The molecule has 0 aliphatic carbocycles. The molecule has 0 aromatic heterocycles. The second kappa shape index (κ2) is 12.6. The van der Waals surface area contributed by atoms with E-state index in [0.29, 0.717) is 0 Å². The second-order valence-corrected chi connectivity index (χ2v) is 6.41. The minimum absolute atomic E-state index is 0.0821. The molecule has 0 aliphatic rings. The Labute approximate surface area is 130 Å². The van der Waals surface area contributed by atoms with E-state index < -0.39 is 0 Å². The van der Waals surface area contributed by atoms with Crippen LogP contribution in [0.25, 0.3) is 0 Å². The number of aldehydes is 1. The van der Waals surface area contributed by atoms with Gasteiger partial charge in [0, 0.05) is 5.41 Å². The smallest absolute Gasteiger partial charge is 0.177 e. The molecule has 0 saturated carbocycles. The molecule has 0 rings (SSSR count). The van der Waals surface area contributed by atoms with Gasteiger partial charge in [0.1, 0.15) is 6.29 Å². The summed E-state index contributed by atoms with van der Waals surface area (Å²) in [6.07, 6.45) is 18.1. The van der Waals surface area contributed by atoms with Crippen LogP contribution in [0.2, 0.25) is 0 Å². The zero-order chi connectivity index (χ0) is 16.0. The van der Waals surface area contributed by atoms with Gasteiger partial charge in [-0.3, -0.25) is 4.79 Å². The van der Waals surface area contributed by atoms with E-state index in [1.165, 1.54) is 25.7 Å². The summed E-state index contributed by atoms with van der Waals surface area (Å²) in [5.74, 6) is 0.0821. The second-order valence-electron chi connectivity index (χ2n) is 6.41. The summed E-state index contributed by atoms with van der Waals surface area (Å²) < 4.78 is 0. The highest BCUT2D eigenvalue weighted by Gasteiger charge is 2.14. The molecule has 0 saturated heterocycles. The van der Waals surface area contributed by atoms with Gasteiger partial charge in [0.25, 0.3) is 0 Å². The lowest BCUT2D eigenvalue weighted by molar-refractivity contribution is -0.115. The highest BCUT2D eigenvalue weighted by molar-refractivity contribution is 5.99. The summed E-state index contributed by atoms with van der Waals surface area (Å²) in [5, 5.41) is 0. The third-order valence-electron chi connectivity index (χ3n) is 3.55. The van der Waals surface area contributed by atoms with Gasteiger partial charge in [-0.25, -0.2) is 0 Å². The summed E-state index contributed by atoms with van der Waals surface area (Å²) >= 11 is 0. The van der Waals surface area contributed by atoms with Crippen LogP contribution in [0.15, 0.2) is 24.3 Å². The van der Waals surface area contributed by atoms with Crippen molar-refractivity contribution in [3.63, 3.8) is 0 Å². The van der Waals surface area contributed by atoms with Crippen LogP contribution in [0.1, 0.15) is 78.6 Å². The Balaban J connectivity index is 3.62. The minimum atomic E-state index is -0.208. The normalized spacial score (nSPS) is 12.3. The van der Waals surface area contributed by atoms with Gasteiger partial charge in [-0.05, 0) is 44.3 Å². The SMILES string of the molecule is CCCCCCC=CC(=O)C=CCCCCC(C)(C)C=O. The average molecular weight is 292 g/mol. The van der Waals surface area contributed by atoms with Crippen LogP contribution in [0, 0.1) is 5.41 Å². The van der Waals surface area contributed by atoms with E-state index in [-0.39, 0.29) is 11.2 Å². The van der Waals surface area contributed by atoms with Crippen molar-refractivity contribution in [2.75, 3.05) is 0 Å². The lowest BCUT2D eigenvalue weighted by Gasteiger charge is -2.15. The van der Waals surface area contributed by atoms with Crippen LogP contribution in [0.3, 0.4) is 0 Å². The summed E-state index contributed by atoms with van der Waals surface area (Å²) in [5.41, 5.74) is -0.208. The van der Waals surface area contributed by atoms with Crippen molar-refractivity contribution in [1.82, 2.24) is 0 Å². The summed E-state index contributed by atoms with van der Waals surface area (Å²) in [6, 6.07) is 0. The van der Waals surface area contributed by atoms with Gasteiger partial charge >= 0.3 is 0 Å². The van der Waals surface area contributed by atoms with Crippen LogP contribution in [-0.2, 0) is 9.59 Å². The van der Waals surface area contributed by atoms with Crippen LogP contribution < -0.4 is 0 Å². The number of carbonyl (C=O) groups excluding carboxylic acids is 2. The molecule has 0 aliphatic heterocycles. The zero-order valence-electron chi connectivity index (χ0n) is 14.1. The van der Waals surface area contributed by atoms with Crippen LogP contribution >= 0.6 is 0 Å². The lowest BCUT2D eigenvalue weighted by atomic mass is 9.89. The summed E-state index contributed by atoms with van der Waals surface area (Å²) in [4.78, 5) is 22.3. The van der Waals surface area contributed by atoms with Crippen LogP contribution in [0.4, 0.5) is 0 Å². The number of hydrogen-bond donors (Lipinski definition) is 0. The van der Waals surface area contributed by atoms with E-state index in [2.05, 4.69) is 6.92 Å². The van der Waals surface area contributed by atoms with Gasteiger partial charge < -0.3 is 4.79 Å². The Kier molecular flexibility index (Phi) is 11.8. The van der Waals surface area contributed by atoms with Crippen LogP contribution in [0.5, 0.6) is 0 Å². The standard InChI is InChI=1S/C19H32O2/c1-4-5-6-7-8-11-14-18(21)15-12-9-10-13-16-19(2,3)17-20/h11-12,14-15,17H,4-10,13,16H2,1-3H3. The predicted octanol–water partition coefficient (Wildman–Crippen LogP) is 5.42. The molecule has 0 heterocycles. The van der Waals surface area contributed by atoms with Gasteiger partial charge in [-0.2, -0.15) is 0 Å². The fourth-order valence-corrected chi connectivity index (χ4v) is 2.05. The maximum Gasteiger partial charge on any atom is 0.177 e. The number of hydrogen-bond acceptors (Lipinski definition) is 2. The first-order chi connectivity index (χ1) is 10.0. The highest BCUT2D eigenvalue weighted by Crippen LogP contribution is 2.20. The van der Waals surface area contributed by atoms with E-state index in [9.17, 15) is 9.59 Å². The molecule has 0 spiro atoms. The third kappa shape index (κ3) is 13.6. The molecule has 21 heavy (non-hydrogen) atoms. The van der Waals surface area contributed by atoms with Crippen molar-refractivity contribution < 1.29 is 9.59 Å². The van der Waals surface area contributed by atoms with Gasteiger partial charge in [0.15, 0.2) is 5.78 Å². The Hall–Kier alpha value is -1.18. The fourth-order valence-electron chi connectivity index (χ4n) is 2.05. The van der Waals surface area contributed by atoms with Crippen molar-refractivity contribution in [2.45, 2.75) is 78.6 Å². The van der Waals surface area contributed by atoms with E-state index in [1.807, 2.05) is 26.0 Å². The number of rotatable bonds is 13. The zero-order valence-corrected chi connectivity index (χ0v) is 14.1. The Morgan fingerprint density at radius 3 is 2.00 bits per heavy atom. The number of ketones is 1. The van der Waals surface area contributed by atoms with Gasteiger partial charge in [-0.15, -0.1) is 0 Å². The van der Waals surface area contributed by atoms with E-state index in [1.54, 1.807) is 12.2 Å². The predicted molar refractivity (Wildman–Crippen MR) is 90.4 cm³/mol. The molecule has 0 fully saturated rings. The van der Waals surface area contributed by atoms with E-state index >= 15 is 0 Å². The van der Waals surface area contributed by atoms with Crippen molar-refractivity contribution in [3.05, 3.63) is 24.3 Å². The number of allylic oxidation sites excluding steroid dienone is 4. The first-order valence-corrected chi connectivity index (χ1v) is 8.35. The number of carbonyl (C=O) groups is 2. The van der Waals surface area contributed by atoms with Crippen molar-refractivity contribution >= 4 is 12.1 Å². The van der Waals surface area contributed by atoms with Gasteiger partial charge in [0.2, 0.25) is 0 Å². The fraction of sp³-hybridized carbons (Fsp3) is 0.684. The first-order valence-electron chi connectivity index (χ1n) is 8.35. The molecule has 0 unspecified atom stereocenters. The Morgan fingerprint density at radius 2 is 1.48 bits per heavy atom. The van der Waals surface area contributed by atoms with Crippen molar-refractivity contribution in [2.24, 2.45) is 5.41 Å². The highest BCUT2D eigenvalue weighted by atomic mass is 16.1. The monoisotopic (exact) mass is 292 g/mol. The Bertz CT molecular complexity index is 337. The van der Waals surface area contributed by atoms with Gasteiger partial charge in [-0.1, -0.05) is 58.6 Å². The summed E-state index contributed by atoms with van der Waals surface area (Å²) in [6.45, 7) is 6.12. The molecule has 0 radical (unpaired) electrons. The van der Waals surface area contributed by atoms with Crippen LogP contribution in [-0.4, -0.2) is 12.1 Å². The molecule has 2 nitrogen and oxygen atoms in total. The molecule has 0 aromatic carbocycles. The molecular formula is C19H32O2. The quantitative estimate of drug-likeness (QED) is 0.258. The molecule has 0 atom stereocenters. The summed E-state index contributed by atoms with van der Waals surface area (Å²) in [7, 11) is 0. The first kappa shape index (κ1) is 19.8. The Morgan fingerprint density at radius 1 is 0.905 bits per heavy atom. The maximum atomic E-state index is 11.6. The molecule has 0 aromatic rings. The largest absolute Gasteiger partial charge is 0.303 e.